The molecule has 0 spiro atoms. The summed E-state index contributed by atoms with van der Waals surface area (Å²) in [5, 5.41) is 0. The molecule has 0 aliphatic heterocycles. The van der Waals surface area contributed by atoms with Gasteiger partial charge in [0.2, 0.25) is 0 Å². The van der Waals surface area contributed by atoms with Gasteiger partial charge >= 0.3 is 0 Å². The molecule has 0 N–H and O–H groups in total. The monoisotopic (exact) mass is 134 g/mol. The maximum Gasteiger partial charge on any atom is 0.0470 e. The fourth-order valence-corrected chi connectivity index (χ4v) is 1.33. The van der Waals surface area contributed by atoms with Gasteiger partial charge in [-0.05, 0) is 18.8 Å². The standard InChI is InChI=1S/C5H10S2/c6-5(7)4-2-1-3-4/h4-7H,1-3H2. The van der Waals surface area contributed by atoms with Gasteiger partial charge in [-0.1, -0.05) is 6.42 Å². The van der Waals surface area contributed by atoms with Gasteiger partial charge in [-0.25, -0.2) is 0 Å². The first-order chi connectivity index (χ1) is 3.30. The first-order valence-electron chi connectivity index (χ1n) is 2.67. The van der Waals surface area contributed by atoms with E-state index in [2.05, 4.69) is 25.3 Å². The Balaban J connectivity index is 2.14. The molecule has 1 aliphatic rings. The third-order valence-corrected chi connectivity index (χ3v) is 2.41. The van der Waals surface area contributed by atoms with Gasteiger partial charge in [0, 0.05) is 4.58 Å². The second-order valence-corrected chi connectivity index (χ2v) is 3.62. The minimum Gasteiger partial charge on any atom is -0.165 e. The molecule has 0 aromatic rings. The Kier molecular flexibility index (Phi) is 1.93. The molecular formula is C5H10S2. The van der Waals surface area contributed by atoms with Gasteiger partial charge in [-0.15, -0.1) is 0 Å². The minimum absolute atomic E-state index is 0.341. The predicted molar refractivity (Wildman–Crippen MR) is 39.1 cm³/mol. The highest BCUT2D eigenvalue weighted by atomic mass is 32.2. The molecule has 1 saturated carbocycles. The Morgan fingerprint density at radius 2 is 1.86 bits per heavy atom. The molecule has 1 rings (SSSR count). The predicted octanol–water partition coefficient (Wildman–Crippen LogP) is 1.97. The lowest BCUT2D eigenvalue weighted by molar-refractivity contribution is 0.343. The molecule has 0 aromatic carbocycles. The topological polar surface area (TPSA) is 0 Å². The van der Waals surface area contributed by atoms with Crippen LogP contribution in [0.1, 0.15) is 19.3 Å². The number of rotatable bonds is 1. The summed E-state index contributed by atoms with van der Waals surface area (Å²) in [5.74, 6) is 0.812. The number of hydrogen-bond acceptors (Lipinski definition) is 2. The van der Waals surface area contributed by atoms with Crippen LogP contribution in [0.15, 0.2) is 0 Å². The first kappa shape index (κ1) is 5.83. The zero-order valence-electron chi connectivity index (χ0n) is 4.17. The molecule has 0 amide bonds. The molecule has 0 aromatic heterocycles. The lowest BCUT2D eigenvalue weighted by Gasteiger charge is -2.27. The van der Waals surface area contributed by atoms with E-state index in [1.165, 1.54) is 19.3 Å². The molecule has 7 heavy (non-hydrogen) atoms. The zero-order chi connectivity index (χ0) is 5.28. The summed E-state index contributed by atoms with van der Waals surface area (Å²) in [5.41, 5.74) is 0. The molecule has 0 atom stereocenters. The van der Waals surface area contributed by atoms with Crippen LogP contribution in [0.4, 0.5) is 0 Å². The second kappa shape index (κ2) is 2.31. The fourth-order valence-electron chi connectivity index (χ4n) is 0.738. The molecule has 42 valence electrons. The van der Waals surface area contributed by atoms with Crippen molar-refractivity contribution in [2.24, 2.45) is 5.92 Å². The van der Waals surface area contributed by atoms with E-state index in [0.29, 0.717) is 4.58 Å². The summed E-state index contributed by atoms with van der Waals surface area (Å²) in [7, 11) is 0. The summed E-state index contributed by atoms with van der Waals surface area (Å²) in [6.45, 7) is 0. The van der Waals surface area contributed by atoms with Crippen molar-refractivity contribution in [3.05, 3.63) is 0 Å². The van der Waals surface area contributed by atoms with E-state index in [4.69, 9.17) is 0 Å². The van der Waals surface area contributed by atoms with E-state index in [-0.39, 0.29) is 0 Å². The third kappa shape index (κ3) is 1.29. The van der Waals surface area contributed by atoms with Crippen molar-refractivity contribution < 1.29 is 0 Å². The van der Waals surface area contributed by atoms with Crippen LogP contribution in [-0.2, 0) is 0 Å². The number of thiol groups is 2. The van der Waals surface area contributed by atoms with Crippen LogP contribution in [0.25, 0.3) is 0 Å². The Bertz CT molecular complexity index is 57.1. The van der Waals surface area contributed by atoms with Crippen molar-refractivity contribution in [3.8, 4) is 0 Å². The largest absolute Gasteiger partial charge is 0.165 e. The van der Waals surface area contributed by atoms with Gasteiger partial charge in [0.25, 0.3) is 0 Å². The van der Waals surface area contributed by atoms with Crippen molar-refractivity contribution in [1.29, 1.82) is 0 Å². The summed E-state index contributed by atoms with van der Waals surface area (Å²) in [4.78, 5) is 0. The van der Waals surface area contributed by atoms with Crippen molar-refractivity contribution in [1.82, 2.24) is 0 Å². The Hall–Kier alpha value is 0.700. The van der Waals surface area contributed by atoms with Gasteiger partial charge < -0.3 is 0 Å². The minimum atomic E-state index is 0.341. The van der Waals surface area contributed by atoms with E-state index >= 15 is 0 Å². The van der Waals surface area contributed by atoms with Crippen LogP contribution in [0.5, 0.6) is 0 Å². The van der Waals surface area contributed by atoms with Crippen molar-refractivity contribution in [2.75, 3.05) is 0 Å². The van der Waals surface area contributed by atoms with E-state index in [0.717, 1.165) is 5.92 Å². The highest BCUT2D eigenvalue weighted by Crippen LogP contribution is 2.33. The molecule has 0 nitrogen and oxygen atoms in total. The lowest BCUT2D eigenvalue weighted by Crippen LogP contribution is -2.17. The van der Waals surface area contributed by atoms with Crippen LogP contribution in [0.2, 0.25) is 0 Å². The highest BCUT2D eigenvalue weighted by Gasteiger charge is 2.21. The van der Waals surface area contributed by atoms with Crippen LogP contribution in [0.3, 0.4) is 0 Å². The van der Waals surface area contributed by atoms with E-state index < -0.39 is 0 Å². The van der Waals surface area contributed by atoms with Crippen LogP contribution in [-0.4, -0.2) is 4.58 Å². The average molecular weight is 134 g/mol. The average Bonchev–Trinajstić information content (AvgIpc) is 1.23. The Labute approximate surface area is 55.5 Å². The Morgan fingerprint density at radius 1 is 1.29 bits per heavy atom. The smallest absolute Gasteiger partial charge is 0.0470 e. The van der Waals surface area contributed by atoms with Crippen LogP contribution in [0, 0.1) is 5.92 Å². The third-order valence-electron chi connectivity index (χ3n) is 1.57. The molecule has 0 unspecified atom stereocenters. The first-order valence-corrected chi connectivity index (χ1v) is 3.70. The van der Waals surface area contributed by atoms with Crippen LogP contribution >= 0.6 is 25.3 Å². The summed E-state index contributed by atoms with van der Waals surface area (Å²) >= 11 is 8.38. The molecule has 0 bridgehead atoms. The normalized spacial score (nSPS) is 22.7. The van der Waals surface area contributed by atoms with Gasteiger partial charge in [0.05, 0.1) is 0 Å². The Morgan fingerprint density at radius 3 is 1.86 bits per heavy atom. The van der Waals surface area contributed by atoms with Gasteiger partial charge in [-0.3, -0.25) is 0 Å². The van der Waals surface area contributed by atoms with Crippen molar-refractivity contribution in [2.45, 2.75) is 23.8 Å². The second-order valence-electron chi connectivity index (χ2n) is 2.10. The SMILES string of the molecule is SC(S)C1CCC1. The zero-order valence-corrected chi connectivity index (χ0v) is 5.96. The molecule has 1 fully saturated rings. The van der Waals surface area contributed by atoms with Gasteiger partial charge in [-0.2, -0.15) is 25.3 Å². The molecule has 2 heteroatoms. The molecule has 0 saturated heterocycles. The molecule has 1 aliphatic carbocycles. The van der Waals surface area contributed by atoms with E-state index in [1.807, 2.05) is 0 Å². The summed E-state index contributed by atoms with van der Waals surface area (Å²) in [6.07, 6.45) is 4.08. The fraction of sp³-hybridized carbons (Fsp3) is 1.00. The van der Waals surface area contributed by atoms with Gasteiger partial charge in [0.15, 0.2) is 0 Å². The quantitative estimate of drug-likeness (QED) is 0.397. The summed E-state index contributed by atoms with van der Waals surface area (Å²) in [6, 6.07) is 0. The molecule has 0 radical (unpaired) electrons. The van der Waals surface area contributed by atoms with Crippen molar-refractivity contribution in [3.63, 3.8) is 0 Å². The maximum atomic E-state index is 4.19. The van der Waals surface area contributed by atoms with Gasteiger partial charge in [0.1, 0.15) is 0 Å². The number of hydrogen-bond donors (Lipinski definition) is 2. The van der Waals surface area contributed by atoms with E-state index in [1.54, 1.807) is 0 Å². The highest BCUT2D eigenvalue weighted by molar-refractivity contribution is 7.99. The molecular weight excluding hydrogens is 124 g/mol. The van der Waals surface area contributed by atoms with Crippen LogP contribution < -0.4 is 0 Å². The lowest BCUT2D eigenvalue weighted by atomic mass is 9.87. The summed E-state index contributed by atoms with van der Waals surface area (Å²) < 4.78 is 0.341. The van der Waals surface area contributed by atoms with E-state index in [9.17, 15) is 0 Å². The maximum absolute atomic E-state index is 4.19. The molecule has 0 heterocycles. The van der Waals surface area contributed by atoms with Crippen molar-refractivity contribution >= 4 is 25.3 Å².